The minimum Gasteiger partial charge on any atom is -0.493 e. The molecule has 4 rings (SSSR count). The largest absolute Gasteiger partial charge is 0.493 e. The van der Waals surface area contributed by atoms with Crippen molar-refractivity contribution in [1.29, 1.82) is 5.41 Å². The van der Waals surface area contributed by atoms with Crippen LogP contribution in [0.2, 0.25) is 0 Å². The Labute approximate surface area is 193 Å². The van der Waals surface area contributed by atoms with Gasteiger partial charge in [-0.15, -0.1) is 11.3 Å². The number of benzene rings is 1. The van der Waals surface area contributed by atoms with Crippen molar-refractivity contribution in [2.45, 2.75) is 20.3 Å². The predicted octanol–water partition coefficient (Wildman–Crippen LogP) is 4.64. The van der Waals surface area contributed by atoms with E-state index in [0.29, 0.717) is 27.3 Å². The number of thiophene rings is 1. The van der Waals surface area contributed by atoms with Gasteiger partial charge in [0.25, 0.3) is 5.91 Å². The summed E-state index contributed by atoms with van der Waals surface area (Å²) in [5, 5.41) is 17.3. The maximum Gasteiger partial charge on any atom is 0.353 e. The van der Waals surface area contributed by atoms with Crippen molar-refractivity contribution in [3.05, 3.63) is 51.7 Å². The van der Waals surface area contributed by atoms with Gasteiger partial charge in [0.15, 0.2) is 17.3 Å². The zero-order chi connectivity index (χ0) is 22.8. The summed E-state index contributed by atoms with van der Waals surface area (Å²) in [6.45, 7) is 4.16. The topological polar surface area (TPSA) is 104 Å². The second-order valence-electron chi connectivity index (χ2n) is 7.39. The highest BCUT2D eigenvalue weighted by atomic mass is 32.2. The maximum atomic E-state index is 12.6. The molecule has 164 valence electrons. The monoisotopic (exact) mass is 468 g/mol. The summed E-state index contributed by atoms with van der Waals surface area (Å²) in [6, 6.07) is 8.35. The molecule has 2 aliphatic rings. The number of carbonyl (C=O) groups is 2. The summed E-state index contributed by atoms with van der Waals surface area (Å²) in [4.78, 5) is 29.4. The van der Waals surface area contributed by atoms with Crippen LogP contribution in [0, 0.1) is 11.3 Å². The van der Waals surface area contributed by atoms with Gasteiger partial charge >= 0.3 is 5.97 Å². The zero-order valence-corrected chi connectivity index (χ0v) is 19.3. The van der Waals surface area contributed by atoms with Gasteiger partial charge in [-0.05, 0) is 52.9 Å². The summed E-state index contributed by atoms with van der Waals surface area (Å²) in [5.74, 6) is -0.00471. The first-order valence-electron chi connectivity index (χ1n) is 9.78. The second-order valence-corrected chi connectivity index (χ2v) is 9.38. The first kappa shape index (κ1) is 22.0. The van der Waals surface area contributed by atoms with E-state index in [1.165, 1.54) is 35.2 Å². The minimum absolute atomic E-state index is 0.0292. The number of hydrogen-bond donors (Lipinski definition) is 1. The summed E-state index contributed by atoms with van der Waals surface area (Å²) in [6.07, 6.45) is 2.31. The number of thioether (sulfide) groups is 1. The van der Waals surface area contributed by atoms with Crippen LogP contribution in [-0.2, 0) is 4.79 Å². The fourth-order valence-corrected chi connectivity index (χ4v) is 4.73. The Balaban J connectivity index is 1.58. The Hall–Kier alpha value is -3.24. The Bertz CT molecular complexity index is 1180. The van der Waals surface area contributed by atoms with Gasteiger partial charge in [-0.1, -0.05) is 26.0 Å². The lowest BCUT2D eigenvalue weighted by Gasteiger charge is -2.20. The third kappa shape index (κ3) is 4.51. The van der Waals surface area contributed by atoms with E-state index >= 15 is 0 Å². The summed E-state index contributed by atoms with van der Waals surface area (Å²) >= 11 is 2.61. The molecule has 1 aromatic carbocycles. The molecule has 0 saturated heterocycles. The Morgan fingerprint density at radius 3 is 2.78 bits per heavy atom. The van der Waals surface area contributed by atoms with Crippen LogP contribution in [0.3, 0.4) is 0 Å². The average molecular weight is 469 g/mol. The number of carbonyl (C=O) groups excluding carboxylic acids is 2. The van der Waals surface area contributed by atoms with Gasteiger partial charge in [0, 0.05) is 6.42 Å². The highest BCUT2D eigenvalue weighted by Crippen LogP contribution is 2.33. The fourth-order valence-electron chi connectivity index (χ4n) is 3.03. The minimum atomic E-state index is -0.498. The molecule has 1 N–H and O–H groups in total. The van der Waals surface area contributed by atoms with E-state index in [2.05, 4.69) is 23.9 Å². The molecule has 2 aromatic rings. The third-order valence-electron chi connectivity index (χ3n) is 4.50. The van der Waals surface area contributed by atoms with Gasteiger partial charge in [0.05, 0.1) is 12.7 Å². The molecule has 0 aliphatic carbocycles. The number of aliphatic imine (C=N–C) groups is 1. The molecule has 0 spiro atoms. The predicted molar refractivity (Wildman–Crippen MR) is 127 cm³/mol. The van der Waals surface area contributed by atoms with Gasteiger partial charge in [0.1, 0.15) is 9.92 Å². The van der Waals surface area contributed by atoms with E-state index in [1.807, 2.05) is 0 Å². The number of nitrogens with zero attached hydrogens (tertiary/aromatic N) is 3. The van der Waals surface area contributed by atoms with Crippen molar-refractivity contribution < 1.29 is 19.1 Å². The molecule has 2 aliphatic heterocycles. The van der Waals surface area contributed by atoms with E-state index < -0.39 is 11.9 Å². The molecule has 0 fully saturated rings. The van der Waals surface area contributed by atoms with Crippen LogP contribution in [0.1, 0.15) is 35.5 Å². The number of fused-ring (bicyclic) bond motifs is 1. The lowest BCUT2D eigenvalue weighted by Crippen LogP contribution is -2.35. The zero-order valence-electron chi connectivity index (χ0n) is 17.6. The van der Waals surface area contributed by atoms with Crippen molar-refractivity contribution in [3.63, 3.8) is 0 Å². The van der Waals surface area contributed by atoms with Crippen LogP contribution in [0.4, 0.5) is 0 Å². The molecule has 1 aromatic heterocycles. The maximum absolute atomic E-state index is 12.6. The lowest BCUT2D eigenvalue weighted by molar-refractivity contribution is -0.114. The smallest absolute Gasteiger partial charge is 0.353 e. The Morgan fingerprint density at radius 1 is 1.28 bits per heavy atom. The standard InChI is InChI=1S/C22H20N4O4S2/c1-12(2)9-18-25-26-19(23)14(20(27)24-22(26)32-18)10-13-6-7-15(16(11-13)29-3)30-21(28)17-5-4-8-31-17/h4-8,10-12,23H,9H2,1-3H3/b14-10-,23-19?. The molecule has 0 bridgehead atoms. The first-order valence-corrected chi connectivity index (χ1v) is 11.5. The molecular weight excluding hydrogens is 448 g/mol. The van der Waals surface area contributed by atoms with Crippen LogP contribution in [0.15, 0.2) is 51.4 Å². The van der Waals surface area contributed by atoms with Crippen LogP contribution < -0.4 is 9.47 Å². The summed E-state index contributed by atoms with van der Waals surface area (Å²) in [7, 11) is 1.46. The van der Waals surface area contributed by atoms with Crippen LogP contribution in [0.25, 0.3) is 6.08 Å². The molecule has 0 saturated carbocycles. The number of ether oxygens (including phenoxy) is 2. The number of hydrazone groups is 1. The number of hydrogen-bond acceptors (Lipinski definition) is 8. The molecule has 32 heavy (non-hydrogen) atoms. The normalized spacial score (nSPS) is 16.9. The molecule has 0 atom stereocenters. The summed E-state index contributed by atoms with van der Waals surface area (Å²) in [5.41, 5.74) is 0.719. The highest BCUT2D eigenvalue weighted by molar-refractivity contribution is 8.26. The molecular formula is C22H20N4O4S2. The van der Waals surface area contributed by atoms with Crippen molar-refractivity contribution in [2.24, 2.45) is 16.0 Å². The van der Waals surface area contributed by atoms with Crippen LogP contribution in [0.5, 0.6) is 11.5 Å². The third-order valence-corrected chi connectivity index (χ3v) is 6.28. The number of nitrogens with one attached hydrogen (secondary N) is 1. The number of amides is 1. The van der Waals surface area contributed by atoms with Gasteiger partial charge in [0.2, 0.25) is 5.17 Å². The fraction of sp³-hybridized carbons (Fsp3) is 0.227. The lowest BCUT2D eigenvalue weighted by atomic mass is 10.1. The Kier molecular flexibility index (Phi) is 6.24. The van der Waals surface area contributed by atoms with E-state index in [1.54, 1.807) is 41.8 Å². The average Bonchev–Trinajstić information content (AvgIpc) is 3.41. The molecule has 0 radical (unpaired) electrons. The van der Waals surface area contributed by atoms with Gasteiger partial charge in [-0.2, -0.15) is 15.1 Å². The van der Waals surface area contributed by atoms with Crippen molar-refractivity contribution in [1.82, 2.24) is 5.01 Å². The van der Waals surface area contributed by atoms with E-state index in [-0.39, 0.29) is 17.2 Å². The van der Waals surface area contributed by atoms with Crippen LogP contribution >= 0.6 is 23.1 Å². The quantitative estimate of drug-likeness (QED) is 0.376. The van der Waals surface area contributed by atoms with Crippen molar-refractivity contribution in [3.8, 4) is 11.5 Å². The van der Waals surface area contributed by atoms with Gasteiger partial charge in [-0.25, -0.2) is 4.79 Å². The van der Waals surface area contributed by atoms with E-state index in [0.717, 1.165) is 11.5 Å². The number of amidine groups is 2. The van der Waals surface area contributed by atoms with E-state index in [4.69, 9.17) is 14.9 Å². The van der Waals surface area contributed by atoms with Gasteiger partial charge < -0.3 is 9.47 Å². The van der Waals surface area contributed by atoms with E-state index in [9.17, 15) is 9.59 Å². The molecule has 1 amide bonds. The number of methoxy groups -OCH3 is 1. The van der Waals surface area contributed by atoms with Crippen molar-refractivity contribution in [2.75, 3.05) is 7.11 Å². The van der Waals surface area contributed by atoms with Crippen LogP contribution in [-0.4, -0.2) is 40.0 Å². The molecule has 10 heteroatoms. The number of rotatable bonds is 6. The first-order chi connectivity index (χ1) is 15.4. The molecule has 3 heterocycles. The summed E-state index contributed by atoms with van der Waals surface area (Å²) < 4.78 is 10.8. The van der Waals surface area contributed by atoms with Crippen molar-refractivity contribution >= 4 is 57.1 Å². The SMILES string of the molecule is COc1cc(/C=C2/C(=N)N3N=C(CC(C)C)SC3=NC2=O)ccc1OC(=O)c1cccs1. The Morgan fingerprint density at radius 2 is 2.09 bits per heavy atom. The molecule has 8 nitrogen and oxygen atoms in total. The number of esters is 1. The second kappa shape index (κ2) is 9.09. The highest BCUT2D eigenvalue weighted by Gasteiger charge is 2.35. The van der Waals surface area contributed by atoms with Gasteiger partial charge in [-0.3, -0.25) is 10.2 Å². The molecule has 0 unspecified atom stereocenters.